The first-order valence-corrected chi connectivity index (χ1v) is 8.15. The fraction of sp³-hybridized carbons (Fsp3) is 0.333. The smallest absolute Gasteiger partial charge is 0.340 e. The monoisotopic (exact) mass is 347 g/mol. The molecule has 0 aliphatic rings. The van der Waals surface area contributed by atoms with Crippen molar-refractivity contribution < 1.29 is 22.7 Å². The molecule has 0 bridgehead atoms. The molecule has 0 aromatic carbocycles. The first-order valence-electron chi connectivity index (χ1n) is 6.29. The normalized spacial score (nSPS) is 11.7. The maximum absolute atomic E-state index is 12.0. The summed E-state index contributed by atoms with van der Waals surface area (Å²) in [5.41, 5.74) is 0.605. The highest BCUT2D eigenvalue weighted by atomic mass is 35.5. The molecule has 10 heteroatoms. The molecular weight excluding hydrogens is 334 g/mol. The zero-order valence-corrected chi connectivity index (χ0v) is 13.2. The lowest BCUT2D eigenvalue weighted by atomic mass is 10.2. The molecule has 0 spiro atoms. The summed E-state index contributed by atoms with van der Waals surface area (Å²) in [6.45, 7) is 0.179. The van der Waals surface area contributed by atoms with Crippen LogP contribution in [-0.2, 0) is 23.5 Å². The zero-order valence-electron chi connectivity index (χ0n) is 11.6. The van der Waals surface area contributed by atoms with E-state index in [0.717, 1.165) is 11.6 Å². The minimum absolute atomic E-state index is 0.179. The Hall–Kier alpha value is -1.84. The molecule has 2 rings (SSSR count). The van der Waals surface area contributed by atoms with Crippen LogP contribution in [0.3, 0.4) is 0 Å². The van der Waals surface area contributed by atoms with Crippen molar-refractivity contribution >= 4 is 27.6 Å². The Morgan fingerprint density at radius 1 is 1.55 bits per heavy atom. The molecule has 22 heavy (non-hydrogen) atoms. The van der Waals surface area contributed by atoms with Crippen LogP contribution in [0.1, 0.15) is 22.3 Å². The molecule has 0 fully saturated rings. The predicted octanol–water partition coefficient (Wildman–Crippen LogP) is 1.28. The van der Waals surface area contributed by atoms with Crippen molar-refractivity contribution in [3.63, 3.8) is 0 Å². The lowest BCUT2D eigenvalue weighted by Gasteiger charge is -2.03. The minimum Gasteiger partial charge on any atom is -0.478 e. The second kappa shape index (κ2) is 6.51. The van der Waals surface area contributed by atoms with Gasteiger partial charge in [-0.25, -0.2) is 17.9 Å². The maximum Gasteiger partial charge on any atom is 0.340 e. The molecule has 0 unspecified atom stereocenters. The van der Waals surface area contributed by atoms with E-state index < -0.39 is 31.9 Å². The molecule has 2 aromatic heterocycles. The van der Waals surface area contributed by atoms with Crippen LogP contribution in [0.2, 0.25) is 5.22 Å². The third kappa shape index (κ3) is 3.87. The Balaban J connectivity index is 1.93. The Kier molecular flexibility index (Phi) is 4.89. The number of halogens is 1. The number of carboxylic acids is 1. The SMILES string of the molecule is Cn1cc(CCCNS(=O)(=O)c2cc(C(=O)O)c(Cl)o2)cn1. The van der Waals surface area contributed by atoms with Gasteiger partial charge in [0.05, 0.1) is 6.20 Å². The predicted molar refractivity (Wildman–Crippen MR) is 77.4 cm³/mol. The molecule has 2 heterocycles. The average Bonchev–Trinajstić information content (AvgIpc) is 3.01. The fourth-order valence-corrected chi connectivity index (χ4v) is 3.08. The highest BCUT2D eigenvalue weighted by Crippen LogP contribution is 2.24. The molecule has 0 aliphatic heterocycles. The van der Waals surface area contributed by atoms with Gasteiger partial charge in [0.1, 0.15) is 5.56 Å². The van der Waals surface area contributed by atoms with E-state index in [2.05, 4.69) is 9.82 Å². The number of aromatic nitrogens is 2. The van der Waals surface area contributed by atoms with Crippen LogP contribution >= 0.6 is 11.6 Å². The average molecular weight is 348 g/mol. The van der Waals surface area contributed by atoms with Crippen molar-refractivity contribution in [3.05, 3.63) is 34.8 Å². The lowest BCUT2D eigenvalue weighted by molar-refractivity contribution is 0.0696. The lowest BCUT2D eigenvalue weighted by Crippen LogP contribution is -2.24. The second-order valence-corrected chi connectivity index (χ2v) is 6.62. The molecule has 0 amide bonds. The number of rotatable bonds is 7. The van der Waals surface area contributed by atoms with Crippen molar-refractivity contribution in [1.82, 2.24) is 14.5 Å². The van der Waals surface area contributed by atoms with E-state index in [0.29, 0.717) is 12.8 Å². The quantitative estimate of drug-likeness (QED) is 0.729. The van der Waals surface area contributed by atoms with Gasteiger partial charge in [0, 0.05) is 25.9 Å². The summed E-state index contributed by atoms with van der Waals surface area (Å²) in [7, 11) is -2.13. The first kappa shape index (κ1) is 16.5. The number of nitrogens with one attached hydrogen (secondary N) is 1. The summed E-state index contributed by atoms with van der Waals surface area (Å²) in [6, 6.07) is 0.883. The Bertz CT molecular complexity index is 781. The number of hydrogen-bond acceptors (Lipinski definition) is 5. The third-order valence-electron chi connectivity index (χ3n) is 2.85. The van der Waals surface area contributed by atoms with Gasteiger partial charge in [-0.15, -0.1) is 0 Å². The van der Waals surface area contributed by atoms with Crippen LogP contribution in [0.25, 0.3) is 0 Å². The van der Waals surface area contributed by atoms with Gasteiger partial charge in [-0.3, -0.25) is 4.68 Å². The largest absolute Gasteiger partial charge is 0.478 e. The Labute approximate surface area is 131 Å². The molecule has 0 saturated carbocycles. The summed E-state index contributed by atoms with van der Waals surface area (Å²) < 4.78 is 32.7. The Morgan fingerprint density at radius 2 is 2.27 bits per heavy atom. The Morgan fingerprint density at radius 3 is 2.82 bits per heavy atom. The van der Waals surface area contributed by atoms with E-state index in [1.807, 2.05) is 6.20 Å². The number of furan rings is 1. The number of carbonyl (C=O) groups is 1. The third-order valence-corrected chi connectivity index (χ3v) is 4.45. The van der Waals surface area contributed by atoms with Crippen LogP contribution < -0.4 is 4.72 Å². The van der Waals surface area contributed by atoms with Crippen LogP contribution in [0.4, 0.5) is 0 Å². The van der Waals surface area contributed by atoms with Crippen LogP contribution in [0.5, 0.6) is 0 Å². The van der Waals surface area contributed by atoms with Crippen molar-refractivity contribution in [1.29, 1.82) is 0 Å². The van der Waals surface area contributed by atoms with Crippen molar-refractivity contribution in [2.24, 2.45) is 7.05 Å². The molecule has 0 aliphatic carbocycles. The summed E-state index contributed by atoms with van der Waals surface area (Å²) in [6.07, 6.45) is 4.78. The number of sulfonamides is 1. The van der Waals surface area contributed by atoms with Gasteiger partial charge in [0.2, 0.25) is 10.3 Å². The van der Waals surface area contributed by atoms with Gasteiger partial charge in [-0.05, 0) is 30.0 Å². The molecule has 2 N–H and O–H groups in total. The molecular formula is C12H14ClN3O5S. The molecule has 2 aromatic rings. The number of hydrogen-bond donors (Lipinski definition) is 2. The van der Waals surface area contributed by atoms with Crippen LogP contribution in [0, 0.1) is 0 Å². The second-order valence-electron chi connectivity index (χ2n) is 4.58. The van der Waals surface area contributed by atoms with E-state index in [1.54, 1.807) is 17.9 Å². The number of aromatic carboxylic acids is 1. The van der Waals surface area contributed by atoms with Crippen LogP contribution in [-0.4, -0.2) is 35.8 Å². The minimum atomic E-state index is -3.93. The fourth-order valence-electron chi connectivity index (χ4n) is 1.80. The highest BCUT2D eigenvalue weighted by molar-refractivity contribution is 7.89. The number of carboxylic acid groups (broad SMARTS) is 1. The summed E-state index contributed by atoms with van der Waals surface area (Å²) in [5.74, 6) is -1.35. The zero-order chi connectivity index (χ0) is 16.3. The van der Waals surface area contributed by atoms with E-state index >= 15 is 0 Å². The standard InChI is InChI=1S/C12H14ClN3O5S/c1-16-7-8(6-14-16)3-2-4-15-22(19,20)10-5-9(12(17)18)11(13)21-10/h5-7,15H,2-4H2,1H3,(H,17,18). The van der Waals surface area contributed by atoms with E-state index in [9.17, 15) is 13.2 Å². The van der Waals surface area contributed by atoms with Crippen molar-refractivity contribution in [2.75, 3.05) is 6.54 Å². The number of nitrogens with zero attached hydrogens (tertiary/aromatic N) is 2. The van der Waals surface area contributed by atoms with E-state index in [4.69, 9.17) is 21.1 Å². The van der Waals surface area contributed by atoms with Gasteiger partial charge in [-0.2, -0.15) is 5.10 Å². The number of aryl methyl sites for hydroxylation is 2. The molecule has 120 valence electrons. The summed E-state index contributed by atoms with van der Waals surface area (Å²) >= 11 is 5.54. The maximum atomic E-state index is 12.0. The molecule has 0 atom stereocenters. The van der Waals surface area contributed by atoms with E-state index in [-0.39, 0.29) is 6.54 Å². The molecule has 0 radical (unpaired) electrons. The van der Waals surface area contributed by atoms with Gasteiger partial charge >= 0.3 is 5.97 Å². The van der Waals surface area contributed by atoms with Crippen molar-refractivity contribution in [2.45, 2.75) is 17.9 Å². The van der Waals surface area contributed by atoms with Gasteiger partial charge in [-0.1, -0.05) is 0 Å². The summed E-state index contributed by atoms with van der Waals surface area (Å²) in [5, 5.41) is 11.8. The van der Waals surface area contributed by atoms with Crippen molar-refractivity contribution in [3.8, 4) is 0 Å². The first-order chi connectivity index (χ1) is 10.3. The van der Waals surface area contributed by atoms with Crippen LogP contribution in [0.15, 0.2) is 28.0 Å². The van der Waals surface area contributed by atoms with Gasteiger partial charge < -0.3 is 9.52 Å². The molecule has 8 nitrogen and oxygen atoms in total. The van der Waals surface area contributed by atoms with E-state index in [1.165, 1.54) is 0 Å². The van der Waals surface area contributed by atoms with Gasteiger partial charge in [0.25, 0.3) is 10.0 Å². The summed E-state index contributed by atoms with van der Waals surface area (Å²) in [4.78, 5) is 10.8. The highest BCUT2D eigenvalue weighted by Gasteiger charge is 2.24. The molecule has 0 saturated heterocycles. The topological polar surface area (TPSA) is 114 Å². The van der Waals surface area contributed by atoms with Gasteiger partial charge in [0.15, 0.2) is 0 Å².